The molecular weight excluding hydrogens is 424 g/mol. The first-order chi connectivity index (χ1) is 15.3. The number of rotatable bonds is 6. The largest absolute Gasteiger partial charge is 0.330 e. The van der Waals surface area contributed by atoms with Crippen molar-refractivity contribution >= 4 is 21.6 Å². The van der Waals surface area contributed by atoms with Gasteiger partial charge in [-0.2, -0.15) is 0 Å². The molecule has 0 fully saturated rings. The molecule has 2 N–H and O–H groups in total. The van der Waals surface area contributed by atoms with Crippen molar-refractivity contribution < 1.29 is 13.2 Å². The van der Waals surface area contributed by atoms with Crippen molar-refractivity contribution in [2.45, 2.75) is 30.4 Å². The third-order valence-corrected chi connectivity index (χ3v) is 7.44. The predicted molar refractivity (Wildman–Crippen MR) is 124 cm³/mol. The quantitative estimate of drug-likeness (QED) is 0.594. The van der Waals surface area contributed by atoms with E-state index in [1.165, 1.54) is 17.7 Å². The summed E-state index contributed by atoms with van der Waals surface area (Å²) >= 11 is 0. The van der Waals surface area contributed by atoms with E-state index >= 15 is 0 Å². The number of pyridine rings is 1. The van der Waals surface area contributed by atoms with E-state index < -0.39 is 9.84 Å². The highest BCUT2D eigenvalue weighted by Crippen LogP contribution is 2.34. The molecule has 0 aliphatic carbocycles. The van der Waals surface area contributed by atoms with Crippen LogP contribution < -0.4 is 10.6 Å². The number of fused-ring (bicyclic) bond motifs is 1. The minimum absolute atomic E-state index is 0.00929. The van der Waals surface area contributed by atoms with Gasteiger partial charge in [0.05, 0.1) is 22.4 Å². The van der Waals surface area contributed by atoms with Crippen LogP contribution in [0.2, 0.25) is 0 Å². The molecule has 2 heterocycles. The van der Waals surface area contributed by atoms with Gasteiger partial charge in [-0.15, -0.1) is 0 Å². The molecule has 0 saturated carbocycles. The number of amides is 2. The van der Waals surface area contributed by atoms with Crippen molar-refractivity contribution in [3.8, 4) is 0 Å². The van der Waals surface area contributed by atoms with Crippen LogP contribution in [0.5, 0.6) is 0 Å². The van der Waals surface area contributed by atoms with E-state index in [0.29, 0.717) is 5.69 Å². The number of aromatic nitrogens is 1. The first-order valence-corrected chi connectivity index (χ1v) is 12.1. The molecule has 1 aromatic heterocycles. The second-order valence-electron chi connectivity index (χ2n) is 8.01. The molecule has 0 radical (unpaired) electrons. The molecule has 2 unspecified atom stereocenters. The van der Waals surface area contributed by atoms with Crippen molar-refractivity contribution in [1.82, 2.24) is 15.2 Å². The predicted octanol–water partition coefficient (Wildman–Crippen LogP) is 3.92. The molecule has 2 atom stereocenters. The van der Waals surface area contributed by atoms with Crippen molar-refractivity contribution in [3.05, 3.63) is 89.7 Å². The number of carbonyl (C=O) groups excluding carboxylic acids is 1. The van der Waals surface area contributed by atoms with Gasteiger partial charge in [0.25, 0.3) is 0 Å². The summed E-state index contributed by atoms with van der Waals surface area (Å²) in [5, 5.41) is 5.55. The molecule has 8 heteroatoms. The van der Waals surface area contributed by atoms with Crippen LogP contribution in [0.1, 0.15) is 35.8 Å². The number of sulfone groups is 1. The molecule has 32 heavy (non-hydrogen) atoms. The Morgan fingerprint density at radius 3 is 2.53 bits per heavy atom. The number of benzene rings is 2. The highest BCUT2D eigenvalue weighted by molar-refractivity contribution is 7.91. The van der Waals surface area contributed by atoms with Crippen molar-refractivity contribution in [2.75, 3.05) is 18.1 Å². The standard InChI is InChI=1S/C24H26N4O3S/c1-17(22-9-5-6-14-25-22)26-24(29)27-19-10-12-20(13-11-19)32(30,31)16-23-21-8-4-3-7-18(21)15-28(23)2/h3-14,17,23H,15-16H2,1-2H3,(H2,26,27,29). The number of nitrogens with one attached hydrogen (secondary N) is 2. The van der Waals surface area contributed by atoms with Gasteiger partial charge in [0.1, 0.15) is 0 Å². The lowest BCUT2D eigenvalue weighted by Crippen LogP contribution is -2.31. The molecule has 4 rings (SSSR count). The van der Waals surface area contributed by atoms with Gasteiger partial charge in [-0.05, 0) is 61.5 Å². The number of hydrogen-bond donors (Lipinski definition) is 2. The molecular formula is C24H26N4O3S. The van der Waals surface area contributed by atoms with Crippen LogP contribution in [0.15, 0.2) is 77.8 Å². The maximum Gasteiger partial charge on any atom is 0.319 e. The minimum Gasteiger partial charge on any atom is -0.330 e. The van der Waals surface area contributed by atoms with E-state index in [-0.39, 0.29) is 28.8 Å². The summed E-state index contributed by atoms with van der Waals surface area (Å²) in [6.07, 6.45) is 1.67. The molecule has 0 bridgehead atoms. The summed E-state index contributed by atoms with van der Waals surface area (Å²) in [7, 11) is -1.56. The molecule has 7 nitrogen and oxygen atoms in total. The molecule has 3 aromatic rings. The van der Waals surface area contributed by atoms with E-state index in [2.05, 4.69) is 20.5 Å². The fourth-order valence-corrected chi connectivity index (χ4v) is 5.55. The number of urea groups is 1. The Morgan fingerprint density at radius 1 is 1.09 bits per heavy atom. The van der Waals surface area contributed by atoms with Crippen LogP contribution in [0.4, 0.5) is 10.5 Å². The maximum atomic E-state index is 13.0. The highest BCUT2D eigenvalue weighted by atomic mass is 32.2. The van der Waals surface area contributed by atoms with Gasteiger partial charge < -0.3 is 10.6 Å². The summed E-state index contributed by atoms with van der Waals surface area (Å²) in [6.45, 7) is 2.58. The van der Waals surface area contributed by atoms with Gasteiger partial charge in [-0.25, -0.2) is 13.2 Å². The molecule has 1 aliphatic heterocycles. The summed E-state index contributed by atoms with van der Waals surface area (Å²) in [4.78, 5) is 18.8. The zero-order chi connectivity index (χ0) is 22.7. The van der Waals surface area contributed by atoms with E-state index in [0.717, 1.165) is 17.8 Å². The molecule has 0 saturated heterocycles. The summed E-state index contributed by atoms with van der Waals surface area (Å²) in [5.74, 6) is 0.00929. The van der Waals surface area contributed by atoms with E-state index in [4.69, 9.17) is 0 Å². The van der Waals surface area contributed by atoms with E-state index in [1.54, 1.807) is 18.3 Å². The molecule has 166 valence electrons. The zero-order valence-electron chi connectivity index (χ0n) is 18.0. The molecule has 2 amide bonds. The van der Waals surface area contributed by atoms with Gasteiger partial charge in [-0.3, -0.25) is 9.88 Å². The summed E-state index contributed by atoms with van der Waals surface area (Å²) in [6, 6.07) is 18.9. The summed E-state index contributed by atoms with van der Waals surface area (Å²) < 4.78 is 26.1. The third kappa shape index (κ3) is 4.81. The number of carbonyl (C=O) groups is 1. The van der Waals surface area contributed by atoms with Crippen LogP contribution in [-0.4, -0.2) is 37.1 Å². The first kappa shape index (κ1) is 22.0. The van der Waals surface area contributed by atoms with Crippen LogP contribution >= 0.6 is 0 Å². The van der Waals surface area contributed by atoms with Gasteiger partial charge in [-0.1, -0.05) is 30.3 Å². The van der Waals surface area contributed by atoms with E-state index in [9.17, 15) is 13.2 Å². The Labute approximate surface area is 188 Å². The van der Waals surface area contributed by atoms with Gasteiger partial charge in [0.2, 0.25) is 0 Å². The normalized spacial score (nSPS) is 16.9. The van der Waals surface area contributed by atoms with Gasteiger partial charge in [0, 0.05) is 24.5 Å². The average Bonchev–Trinajstić information content (AvgIpc) is 3.09. The second-order valence-corrected chi connectivity index (χ2v) is 10.0. The maximum absolute atomic E-state index is 13.0. The highest BCUT2D eigenvalue weighted by Gasteiger charge is 2.31. The topological polar surface area (TPSA) is 91.4 Å². The van der Waals surface area contributed by atoms with Crippen LogP contribution in [0, 0.1) is 0 Å². The molecule has 2 aromatic carbocycles. The molecule has 0 spiro atoms. The Morgan fingerprint density at radius 2 is 1.81 bits per heavy atom. The Balaban J connectivity index is 1.40. The zero-order valence-corrected chi connectivity index (χ0v) is 18.8. The van der Waals surface area contributed by atoms with Crippen LogP contribution in [-0.2, 0) is 16.4 Å². The lowest BCUT2D eigenvalue weighted by Gasteiger charge is -2.20. The summed E-state index contributed by atoms with van der Waals surface area (Å²) in [5.41, 5.74) is 3.50. The van der Waals surface area contributed by atoms with Crippen LogP contribution in [0.3, 0.4) is 0 Å². The van der Waals surface area contributed by atoms with Crippen molar-refractivity contribution in [2.24, 2.45) is 0 Å². The number of nitrogens with zero attached hydrogens (tertiary/aromatic N) is 2. The Bertz CT molecular complexity index is 1200. The monoisotopic (exact) mass is 450 g/mol. The number of anilines is 1. The smallest absolute Gasteiger partial charge is 0.319 e. The Kier molecular flexibility index (Phi) is 6.25. The third-order valence-electron chi connectivity index (χ3n) is 5.69. The van der Waals surface area contributed by atoms with E-state index in [1.807, 2.05) is 56.4 Å². The fourth-order valence-electron chi connectivity index (χ4n) is 3.96. The molecule has 1 aliphatic rings. The first-order valence-electron chi connectivity index (χ1n) is 10.4. The lowest BCUT2D eigenvalue weighted by atomic mass is 10.1. The van der Waals surface area contributed by atoms with Crippen LogP contribution in [0.25, 0.3) is 0 Å². The lowest BCUT2D eigenvalue weighted by molar-refractivity contribution is 0.249. The fraction of sp³-hybridized carbons (Fsp3) is 0.250. The average molecular weight is 451 g/mol. The van der Waals surface area contributed by atoms with Crippen molar-refractivity contribution in [3.63, 3.8) is 0 Å². The Hall–Kier alpha value is -3.23. The number of hydrogen-bond acceptors (Lipinski definition) is 5. The SMILES string of the molecule is CC(NC(=O)Nc1ccc(S(=O)(=O)CC2c3ccccc3CN2C)cc1)c1ccccn1. The minimum atomic E-state index is -3.50. The van der Waals surface area contributed by atoms with Gasteiger partial charge >= 0.3 is 6.03 Å². The van der Waals surface area contributed by atoms with Gasteiger partial charge in [0.15, 0.2) is 9.84 Å². The van der Waals surface area contributed by atoms with Crippen molar-refractivity contribution in [1.29, 1.82) is 0 Å². The second kappa shape index (κ2) is 9.10.